The molecule has 0 aliphatic heterocycles. The smallest absolute Gasteiger partial charge is 0.167 e. The summed E-state index contributed by atoms with van der Waals surface area (Å²) in [5.74, 6) is 0. The largest absolute Gasteiger partial charge is 0.218 e. The fourth-order valence-corrected chi connectivity index (χ4v) is 1.75. The first-order chi connectivity index (χ1) is 7.86. The molecule has 78 valence electrons. The van der Waals surface area contributed by atoms with Gasteiger partial charge in [0.1, 0.15) is 0 Å². The molecule has 1 nitrogen and oxygen atoms in total. The van der Waals surface area contributed by atoms with Crippen molar-refractivity contribution in [2.45, 2.75) is 0 Å². The highest BCUT2D eigenvalue weighted by molar-refractivity contribution is 5.70. The minimum Gasteiger partial charge on any atom is -0.167 e. The lowest BCUT2D eigenvalue weighted by Gasteiger charge is -2.03. The molecule has 1 heterocycles. The highest BCUT2D eigenvalue weighted by Crippen LogP contribution is 2.21. The van der Waals surface area contributed by atoms with Gasteiger partial charge in [0.25, 0.3) is 0 Å². The lowest BCUT2D eigenvalue weighted by atomic mass is 10.0. The first-order valence-corrected chi connectivity index (χ1v) is 5.21. The minimum absolute atomic E-state index is 1.12. The van der Waals surface area contributed by atoms with E-state index in [9.17, 15) is 0 Å². The zero-order valence-electron chi connectivity index (χ0n) is 9.13. The Hall–Kier alpha value is -2.15. The molecule has 1 heteroatoms. The minimum atomic E-state index is 1.12. The summed E-state index contributed by atoms with van der Waals surface area (Å²) in [6, 6.07) is 14.3. The van der Waals surface area contributed by atoms with Gasteiger partial charge in [-0.25, -0.2) is 0 Å². The van der Waals surface area contributed by atoms with E-state index in [-0.39, 0.29) is 0 Å². The van der Waals surface area contributed by atoms with E-state index in [0.29, 0.717) is 0 Å². The van der Waals surface area contributed by atoms with Gasteiger partial charge in [-0.3, -0.25) is 0 Å². The van der Waals surface area contributed by atoms with Crippen molar-refractivity contribution < 1.29 is 4.57 Å². The van der Waals surface area contributed by atoms with Crippen molar-refractivity contribution in [2.24, 2.45) is 0 Å². The number of pyridine rings is 1. The van der Waals surface area contributed by atoms with Gasteiger partial charge in [0.15, 0.2) is 12.4 Å². The molecule has 0 aliphatic rings. The number of hydrogen-bond acceptors (Lipinski definition) is 0. The predicted octanol–water partition coefficient (Wildman–Crippen LogP) is 3.38. The normalized spacial score (nSPS) is 9.75. The highest BCUT2D eigenvalue weighted by Gasteiger charge is 2.11. The van der Waals surface area contributed by atoms with E-state index in [1.54, 1.807) is 6.20 Å². The summed E-state index contributed by atoms with van der Waals surface area (Å²) in [4.78, 5) is 0. The Morgan fingerprint density at radius 1 is 0.938 bits per heavy atom. The topological polar surface area (TPSA) is 3.88 Å². The van der Waals surface area contributed by atoms with Crippen LogP contribution in [-0.2, 0) is 0 Å². The molecule has 0 fully saturated rings. The monoisotopic (exact) mass is 208 g/mol. The zero-order valence-corrected chi connectivity index (χ0v) is 9.13. The van der Waals surface area contributed by atoms with Crippen molar-refractivity contribution in [1.82, 2.24) is 0 Å². The predicted molar refractivity (Wildman–Crippen MR) is 68.6 cm³/mol. The second-order valence-corrected chi connectivity index (χ2v) is 3.47. The van der Waals surface area contributed by atoms with Crippen LogP contribution in [0.2, 0.25) is 0 Å². The molecule has 0 bridgehead atoms. The molecule has 2 rings (SSSR count). The average Bonchev–Trinajstić information content (AvgIpc) is 2.38. The molecule has 0 atom stereocenters. The lowest BCUT2D eigenvalue weighted by molar-refractivity contribution is -0.555. The summed E-state index contributed by atoms with van der Waals surface area (Å²) in [6.07, 6.45) is 5.66. The Kier molecular flexibility index (Phi) is 2.97. The summed E-state index contributed by atoms with van der Waals surface area (Å²) in [6.45, 7) is 7.65. The molecule has 0 amide bonds. The number of hydrogen-bond donors (Lipinski definition) is 0. The Morgan fingerprint density at radius 2 is 1.69 bits per heavy atom. The van der Waals surface area contributed by atoms with Crippen LogP contribution in [0.5, 0.6) is 0 Å². The van der Waals surface area contributed by atoms with Gasteiger partial charge in [0.05, 0.1) is 5.56 Å². The van der Waals surface area contributed by atoms with Crippen LogP contribution >= 0.6 is 0 Å². The van der Waals surface area contributed by atoms with Crippen LogP contribution in [0.25, 0.3) is 23.5 Å². The molecule has 0 N–H and O–H groups in total. The standard InChI is InChI=1S/C15H14N/c1-3-13-9-5-6-10-14(13)15-11-7-8-12-16(15)4-2/h3-12H,1-2H2/q+1. The molecule has 0 spiro atoms. The Labute approximate surface area is 96.0 Å². The van der Waals surface area contributed by atoms with Crippen LogP contribution < -0.4 is 4.57 Å². The second kappa shape index (κ2) is 4.58. The zero-order chi connectivity index (χ0) is 11.4. The van der Waals surface area contributed by atoms with Gasteiger partial charge in [-0.05, 0) is 24.3 Å². The van der Waals surface area contributed by atoms with Crippen LogP contribution in [0.15, 0.2) is 61.8 Å². The van der Waals surface area contributed by atoms with E-state index in [1.807, 2.05) is 41.1 Å². The fourth-order valence-electron chi connectivity index (χ4n) is 1.75. The summed E-state index contributed by atoms with van der Waals surface area (Å²) in [7, 11) is 0. The molecule has 16 heavy (non-hydrogen) atoms. The SMILES string of the molecule is C=Cc1ccccc1-c1cccc[n+]1C=C. The van der Waals surface area contributed by atoms with Crippen LogP contribution in [0.4, 0.5) is 0 Å². The van der Waals surface area contributed by atoms with Crippen molar-refractivity contribution in [3.63, 3.8) is 0 Å². The van der Waals surface area contributed by atoms with E-state index in [1.165, 1.54) is 0 Å². The quantitative estimate of drug-likeness (QED) is 0.681. The van der Waals surface area contributed by atoms with Gasteiger partial charge in [0.2, 0.25) is 5.69 Å². The van der Waals surface area contributed by atoms with Crippen molar-refractivity contribution in [3.8, 4) is 11.3 Å². The lowest BCUT2D eigenvalue weighted by Crippen LogP contribution is -2.27. The summed E-state index contributed by atoms with van der Waals surface area (Å²) >= 11 is 0. The van der Waals surface area contributed by atoms with Gasteiger partial charge < -0.3 is 0 Å². The Morgan fingerprint density at radius 3 is 2.44 bits per heavy atom. The Bertz CT molecular complexity index is 477. The second-order valence-electron chi connectivity index (χ2n) is 3.47. The van der Waals surface area contributed by atoms with Crippen molar-refractivity contribution >= 4 is 12.3 Å². The van der Waals surface area contributed by atoms with E-state index in [0.717, 1.165) is 16.8 Å². The van der Waals surface area contributed by atoms with Gasteiger partial charge in [-0.15, -0.1) is 0 Å². The molecule has 1 aromatic heterocycles. The maximum Gasteiger partial charge on any atom is 0.218 e. The molecule has 0 saturated heterocycles. The fraction of sp³-hybridized carbons (Fsp3) is 0. The molecule has 0 aliphatic carbocycles. The number of rotatable bonds is 3. The maximum absolute atomic E-state index is 3.84. The van der Waals surface area contributed by atoms with E-state index < -0.39 is 0 Å². The summed E-state index contributed by atoms with van der Waals surface area (Å²) in [5, 5.41) is 0. The third-order valence-corrected chi connectivity index (χ3v) is 2.54. The first kappa shape index (κ1) is 10.4. The third kappa shape index (κ3) is 1.80. The molecule has 0 radical (unpaired) electrons. The van der Waals surface area contributed by atoms with Crippen molar-refractivity contribution in [3.05, 3.63) is 67.4 Å². The molecular weight excluding hydrogens is 194 g/mol. The Balaban J connectivity index is 2.67. The number of benzene rings is 1. The van der Waals surface area contributed by atoms with E-state index in [4.69, 9.17) is 0 Å². The molecule has 2 aromatic rings. The van der Waals surface area contributed by atoms with E-state index in [2.05, 4.69) is 31.4 Å². The van der Waals surface area contributed by atoms with Crippen LogP contribution in [0, 0.1) is 0 Å². The van der Waals surface area contributed by atoms with Gasteiger partial charge in [0, 0.05) is 12.1 Å². The molecule has 0 saturated carbocycles. The summed E-state index contributed by atoms with van der Waals surface area (Å²) < 4.78 is 2.00. The highest BCUT2D eigenvalue weighted by atomic mass is 14.9. The van der Waals surface area contributed by atoms with Crippen LogP contribution in [-0.4, -0.2) is 0 Å². The van der Waals surface area contributed by atoms with Crippen molar-refractivity contribution in [1.29, 1.82) is 0 Å². The third-order valence-electron chi connectivity index (χ3n) is 2.54. The maximum atomic E-state index is 3.84. The average molecular weight is 208 g/mol. The van der Waals surface area contributed by atoms with Gasteiger partial charge in [-0.2, -0.15) is 4.57 Å². The molecule has 0 unspecified atom stereocenters. The van der Waals surface area contributed by atoms with Gasteiger partial charge >= 0.3 is 0 Å². The van der Waals surface area contributed by atoms with Crippen LogP contribution in [0.3, 0.4) is 0 Å². The number of nitrogens with zero attached hydrogens (tertiary/aromatic N) is 1. The number of aromatic nitrogens is 1. The van der Waals surface area contributed by atoms with Gasteiger partial charge in [-0.1, -0.05) is 30.9 Å². The molecule has 1 aromatic carbocycles. The van der Waals surface area contributed by atoms with Crippen molar-refractivity contribution in [2.75, 3.05) is 0 Å². The van der Waals surface area contributed by atoms with Crippen LogP contribution in [0.1, 0.15) is 5.56 Å². The van der Waals surface area contributed by atoms with E-state index >= 15 is 0 Å². The molecular formula is C15H14N+. The summed E-state index contributed by atoms with van der Waals surface area (Å²) in [5.41, 5.74) is 3.41. The first-order valence-electron chi connectivity index (χ1n) is 5.21.